The molecule has 0 aliphatic rings. The number of hydrogen-bond donors (Lipinski definition) is 1. The van der Waals surface area contributed by atoms with Gasteiger partial charge in [0.1, 0.15) is 5.75 Å². The van der Waals surface area contributed by atoms with Gasteiger partial charge in [-0.2, -0.15) is 0 Å². The van der Waals surface area contributed by atoms with Gasteiger partial charge in [0.05, 0.1) is 25.3 Å². The molecule has 2 rings (SSSR count). The largest absolute Gasteiger partial charge is 0.496 e. The Hall–Kier alpha value is -1.72. The first-order valence-corrected chi connectivity index (χ1v) is 8.80. The molecule has 0 radical (unpaired) electrons. The summed E-state index contributed by atoms with van der Waals surface area (Å²) >= 11 is 3.58. The van der Waals surface area contributed by atoms with E-state index in [2.05, 4.69) is 40.3 Å². The molecule has 0 saturated heterocycles. The van der Waals surface area contributed by atoms with Crippen LogP contribution in [-0.2, 0) is 13.1 Å². The van der Waals surface area contributed by atoms with Gasteiger partial charge in [-0.25, -0.2) is 0 Å². The maximum Gasteiger partial charge on any atom is 0.175 e. The Morgan fingerprint density at radius 2 is 1.75 bits per heavy atom. The maximum atomic E-state index is 5.76. The smallest absolute Gasteiger partial charge is 0.175 e. The van der Waals surface area contributed by atoms with E-state index in [1.165, 1.54) is 0 Å². The Morgan fingerprint density at radius 1 is 1.00 bits per heavy atom. The lowest BCUT2D eigenvalue weighted by Gasteiger charge is -2.15. The first kappa shape index (κ1) is 18.6. The lowest BCUT2D eigenvalue weighted by atomic mass is 10.1. The molecule has 130 valence electrons. The zero-order valence-corrected chi connectivity index (χ0v) is 16.0. The minimum Gasteiger partial charge on any atom is -0.496 e. The molecule has 0 atom stereocenters. The van der Waals surface area contributed by atoms with Crippen molar-refractivity contribution >= 4 is 15.9 Å². The van der Waals surface area contributed by atoms with Crippen LogP contribution in [0.15, 0.2) is 40.9 Å². The van der Waals surface area contributed by atoms with Crippen molar-refractivity contribution in [2.45, 2.75) is 26.4 Å². The molecule has 0 saturated carbocycles. The van der Waals surface area contributed by atoms with Crippen LogP contribution in [0.1, 0.15) is 24.5 Å². The average molecular weight is 394 g/mol. The number of halogens is 1. The quantitative estimate of drug-likeness (QED) is 0.678. The van der Waals surface area contributed by atoms with E-state index in [1.54, 1.807) is 14.2 Å². The Morgan fingerprint density at radius 3 is 2.46 bits per heavy atom. The second-order valence-corrected chi connectivity index (χ2v) is 6.23. The Bertz CT molecular complexity index is 661. The number of methoxy groups -OCH3 is 2. The first-order chi connectivity index (χ1) is 11.7. The highest BCUT2D eigenvalue weighted by molar-refractivity contribution is 9.10. The summed E-state index contributed by atoms with van der Waals surface area (Å²) in [6.45, 7) is 4.20. The van der Waals surface area contributed by atoms with Crippen LogP contribution in [0.3, 0.4) is 0 Å². The van der Waals surface area contributed by atoms with Crippen molar-refractivity contribution in [3.05, 3.63) is 52.0 Å². The zero-order chi connectivity index (χ0) is 17.4. The molecule has 4 nitrogen and oxygen atoms in total. The molecular weight excluding hydrogens is 370 g/mol. The van der Waals surface area contributed by atoms with Crippen molar-refractivity contribution < 1.29 is 14.2 Å². The average Bonchev–Trinajstić information content (AvgIpc) is 2.60. The molecule has 0 unspecified atom stereocenters. The number of benzene rings is 2. The van der Waals surface area contributed by atoms with Crippen molar-refractivity contribution in [1.29, 1.82) is 0 Å². The van der Waals surface area contributed by atoms with Crippen molar-refractivity contribution in [1.82, 2.24) is 5.32 Å². The normalized spacial score (nSPS) is 10.5. The van der Waals surface area contributed by atoms with E-state index >= 15 is 0 Å². The molecule has 2 aromatic rings. The third-order valence-corrected chi connectivity index (χ3v) is 4.17. The topological polar surface area (TPSA) is 39.7 Å². The standard InChI is InChI=1S/C19H24BrNO3/c1-4-9-24-19-16(20)10-14(11-18(19)23-3)12-21-13-15-7-5-6-8-17(15)22-2/h5-8,10-11,21H,4,9,12-13H2,1-3H3. The van der Waals surface area contributed by atoms with Crippen LogP contribution in [0.25, 0.3) is 0 Å². The van der Waals surface area contributed by atoms with Gasteiger partial charge in [-0.3, -0.25) is 0 Å². The molecule has 2 aromatic carbocycles. The molecule has 0 spiro atoms. The fourth-order valence-electron chi connectivity index (χ4n) is 2.41. The fraction of sp³-hybridized carbons (Fsp3) is 0.368. The van der Waals surface area contributed by atoms with E-state index in [4.69, 9.17) is 14.2 Å². The summed E-state index contributed by atoms with van der Waals surface area (Å²) in [4.78, 5) is 0. The molecule has 0 amide bonds. The molecule has 0 aliphatic carbocycles. The van der Waals surface area contributed by atoms with Crippen LogP contribution in [0.2, 0.25) is 0 Å². The molecule has 0 heterocycles. The fourth-order valence-corrected chi connectivity index (χ4v) is 3.01. The Balaban J connectivity index is 2.03. The van der Waals surface area contributed by atoms with Gasteiger partial charge in [0.25, 0.3) is 0 Å². The summed E-state index contributed by atoms with van der Waals surface area (Å²) < 4.78 is 17.5. The summed E-state index contributed by atoms with van der Waals surface area (Å²) in [6.07, 6.45) is 0.956. The van der Waals surface area contributed by atoms with E-state index in [0.717, 1.165) is 52.4 Å². The third kappa shape index (κ3) is 4.89. The van der Waals surface area contributed by atoms with E-state index in [0.29, 0.717) is 6.61 Å². The van der Waals surface area contributed by atoms with E-state index in [1.807, 2.05) is 24.3 Å². The number of rotatable bonds is 9. The minimum absolute atomic E-state index is 0.667. The molecule has 0 aromatic heterocycles. The van der Waals surface area contributed by atoms with Crippen molar-refractivity contribution in [2.24, 2.45) is 0 Å². The summed E-state index contributed by atoms with van der Waals surface area (Å²) in [5, 5.41) is 3.44. The number of ether oxygens (including phenoxy) is 3. The summed E-state index contributed by atoms with van der Waals surface area (Å²) in [7, 11) is 3.35. The molecule has 1 N–H and O–H groups in total. The van der Waals surface area contributed by atoms with Gasteiger partial charge >= 0.3 is 0 Å². The van der Waals surface area contributed by atoms with Crippen LogP contribution in [0, 0.1) is 0 Å². The van der Waals surface area contributed by atoms with Gasteiger partial charge in [-0.1, -0.05) is 25.1 Å². The molecule has 0 aliphatic heterocycles. The van der Waals surface area contributed by atoms with Crippen LogP contribution in [0.5, 0.6) is 17.2 Å². The van der Waals surface area contributed by atoms with Gasteiger partial charge < -0.3 is 19.5 Å². The van der Waals surface area contributed by atoms with Crippen LogP contribution in [0.4, 0.5) is 0 Å². The van der Waals surface area contributed by atoms with Crippen LogP contribution < -0.4 is 19.5 Å². The highest BCUT2D eigenvalue weighted by atomic mass is 79.9. The van der Waals surface area contributed by atoms with Gasteiger partial charge in [0.2, 0.25) is 0 Å². The van der Waals surface area contributed by atoms with Gasteiger partial charge in [-0.05, 0) is 46.1 Å². The number of nitrogens with one attached hydrogen (secondary N) is 1. The van der Waals surface area contributed by atoms with Gasteiger partial charge in [-0.15, -0.1) is 0 Å². The first-order valence-electron chi connectivity index (χ1n) is 8.01. The zero-order valence-electron chi connectivity index (χ0n) is 14.4. The van der Waals surface area contributed by atoms with Gasteiger partial charge in [0.15, 0.2) is 11.5 Å². The second-order valence-electron chi connectivity index (χ2n) is 5.37. The monoisotopic (exact) mass is 393 g/mol. The molecule has 0 bridgehead atoms. The molecule has 0 fully saturated rings. The van der Waals surface area contributed by atoms with E-state index in [-0.39, 0.29) is 0 Å². The van der Waals surface area contributed by atoms with Crippen LogP contribution in [-0.4, -0.2) is 20.8 Å². The molecule has 24 heavy (non-hydrogen) atoms. The maximum absolute atomic E-state index is 5.76. The highest BCUT2D eigenvalue weighted by Crippen LogP contribution is 2.36. The van der Waals surface area contributed by atoms with Crippen molar-refractivity contribution in [2.75, 3.05) is 20.8 Å². The SMILES string of the molecule is CCCOc1c(Br)cc(CNCc2ccccc2OC)cc1OC. The van der Waals surface area contributed by atoms with Crippen molar-refractivity contribution in [3.8, 4) is 17.2 Å². The third-order valence-electron chi connectivity index (χ3n) is 3.58. The van der Waals surface area contributed by atoms with E-state index < -0.39 is 0 Å². The number of para-hydroxylation sites is 1. The highest BCUT2D eigenvalue weighted by Gasteiger charge is 2.11. The Kier molecular flexibility index (Phi) is 7.40. The lowest BCUT2D eigenvalue weighted by Crippen LogP contribution is -2.13. The van der Waals surface area contributed by atoms with Gasteiger partial charge in [0, 0.05) is 18.7 Å². The van der Waals surface area contributed by atoms with E-state index in [9.17, 15) is 0 Å². The molecule has 5 heteroatoms. The summed E-state index contributed by atoms with van der Waals surface area (Å²) in [5.41, 5.74) is 2.26. The predicted octanol–water partition coefficient (Wildman–Crippen LogP) is 4.54. The van der Waals surface area contributed by atoms with Crippen LogP contribution >= 0.6 is 15.9 Å². The second kappa shape index (κ2) is 9.55. The summed E-state index contributed by atoms with van der Waals surface area (Å²) in [5.74, 6) is 2.40. The lowest BCUT2D eigenvalue weighted by molar-refractivity contribution is 0.292. The summed E-state index contributed by atoms with van der Waals surface area (Å²) in [6, 6.07) is 12.1. The van der Waals surface area contributed by atoms with Crippen molar-refractivity contribution in [3.63, 3.8) is 0 Å². The minimum atomic E-state index is 0.667. The molecular formula is C19H24BrNO3. The number of hydrogen-bond acceptors (Lipinski definition) is 4. The predicted molar refractivity (Wildman–Crippen MR) is 100 cm³/mol. The Labute approximate surface area is 152 Å².